The van der Waals surface area contributed by atoms with Gasteiger partial charge in [-0.3, -0.25) is 9.59 Å². The van der Waals surface area contributed by atoms with Gasteiger partial charge in [0, 0.05) is 23.3 Å². The summed E-state index contributed by atoms with van der Waals surface area (Å²) in [4.78, 5) is 26.1. The van der Waals surface area contributed by atoms with Crippen molar-refractivity contribution in [3.8, 4) is 0 Å². The first-order valence-corrected chi connectivity index (χ1v) is 8.09. The Morgan fingerprint density at radius 1 is 1.26 bits per heavy atom. The zero-order valence-electron chi connectivity index (χ0n) is 12.5. The van der Waals surface area contributed by atoms with E-state index in [0.29, 0.717) is 12.1 Å². The summed E-state index contributed by atoms with van der Waals surface area (Å²) in [7, 11) is 1.74. The number of halogens is 1. The number of carbonyl (C=O) groups excluding carboxylic acids is 2. The standard InChI is InChI=1S/C17H15FN2O2S/c1-20-15-7-4-13(8-11(15)9-17(20)22)19-16(21)10-23-14-5-2-12(18)3-6-14/h2-8H,9-10H2,1H3,(H,19,21). The Kier molecular flexibility index (Phi) is 4.34. The number of thioether (sulfide) groups is 1. The first-order valence-electron chi connectivity index (χ1n) is 7.10. The fraction of sp³-hybridized carbons (Fsp3) is 0.176. The molecule has 4 nitrogen and oxygen atoms in total. The van der Waals surface area contributed by atoms with Gasteiger partial charge in [-0.1, -0.05) is 0 Å². The maximum Gasteiger partial charge on any atom is 0.234 e. The minimum Gasteiger partial charge on any atom is -0.325 e. The molecule has 0 spiro atoms. The van der Waals surface area contributed by atoms with E-state index in [2.05, 4.69) is 5.32 Å². The molecule has 2 aromatic rings. The molecule has 23 heavy (non-hydrogen) atoms. The highest BCUT2D eigenvalue weighted by Crippen LogP contribution is 2.30. The molecule has 0 saturated heterocycles. The molecule has 0 aromatic heterocycles. The fourth-order valence-corrected chi connectivity index (χ4v) is 3.12. The maximum absolute atomic E-state index is 12.8. The van der Waals surface area contributed by atoms with Crippen LogP contribution in [-0.4, -0.2) is 24.6 Å². The van der Waals surface area contributed by atoms with Crippen molar-refractivity contribution in [1.82, 2.24) is 0 Å². The van der Waals surface area contributed by atoms with Crippen LogP contribution < -0.4 is 10.2 Å². The number of carbonyl (C=O) groups is 2. The van der Waals surface area contributed by atoms with E-state index in [0.717, 1.165) is 16.1 Å². The molecule has 1 aliphatic rings. The minimum absolute atomic E-state index is 0.0512. The third kappa shape index (κ3) is 3.53. The number of hydrogen-bond donors (Lipinski definition) is 1. The smallest absolute Gasteiger partial charge is 0.234 e. The number of amides is 2. The van der Waals surface area contributed by atoms with Crippen LogP contribution in [0.2, 0.25) is 0 Å². The van der Waals surface area contributed by atoms with E-state index >= 15 is 0 Å². The predicted molar refractivity (Wildman–Crippen MR) is 89.3 cm³/mol. The normalized spacial score (nSPS) is 13.1. The van der Waals surface area contributed by atoms with Crippen molar-refractivity contribution in [2.45, 2.75) is 11.3 Å². The van der Waals surface area contributed by atoms with Crippen molar-refractivity contribution in [3.63, 3.8) is 0 Å². The van der Waals surface area contributed by atoms with Gasteiger partial charge < -0.3 is 10.2 Å². The number of rotatable bonds is 4. The van der Waals surface area contributed by atoms with Gasteiger partial charge in [0.05, 0.1) is 12.2 Å². The number of hydrogen-bond acceptors (Lipinski definition) is 3. The molecule has 1 N–H and O–H groups in total. The molecule has 0 saturated carbocycles. The van der Waals surface area contributed by atoms with Crippen molar-refractivity contribution >= 4 is 35.0 Å². The van der Waals surface area contributed by atoms with Crippen LogP contribution in [0.1, 0.15) is 5.56 Å². The van der Waals surface area contributed by atoms with Crippen LogP contribution in [-0.2, 0) is 16.0 Å². The first kappa shape index (κ1) is 15.6. The van der Waals surface area contributed by atoms with Gasteiger partial charge in [0.25, 0.3) is 0 Å². The van der Waals surface area contributed by atoms with E-state index in [4.69, 9.17) is 0 Å². The Balaban J connectivity index is 1.59. The maximum atomic E-state index is 12.8. The Morgan fingerprint density at radius 3 is 2.74 bits per heavy atom. The average Bonchev–Trinajstić information content (AvgIpc) is 2.81. The number of anilines is 2. The second-order valence-electron chi connectivity index (χ2n) is 5.26. The van der Waals surface area contributed by atoms with E-state index in [-0.39, 0.29) is 23.4 Å². The van der Waals surface area contributed by atoms with E-state index in [9.17, 15) is 14.0 Å². The van der Waals surface area contributed by atoms with Crippen LogP contribution in [0.15, 0.2) is 47.4 Å². The molecule has 0 fully saturated rings. The van der Waals surface area contributed by atoms with Crippen molar-refractivity contribution in [1.29, 1.82) is 0 Å². The number of nitrogens with zero attached hydrogens (tertiary/aromatic N) is 1. The summed E-state index contributed by atoms with van der Waals surface area (Å²) in [6.07, 6.45) is 0.361. The second-order valence-corrected chi connectivity index (χ2v) is 6.31. The molecule has 0 unspecified atom stereocenters. The van der Waals surface area contributed by atoms with Crippen LogP contribution >= 0.6 is 11.8 Å². The molecule has 0 radical (unpaired) electrons. The Bertz CT molecular complexity index is 762. The summed E-state index contributed by atoms with van der Waals surface area (Å²) < 4.78 is 12.8. The van der Waals surface area contributed by atoms with E-state index in [1.807, 2.05) is 12.1 Å². The molecular weight excluding hydrogens is 315 g/mol. The zero-order valence-corrected chi connectivity index (χ0v) is 13.3. The third-order valence-corrected chi connectivity index (χ3v) is 4.64. The Labute approximate surface area is 137 Å². The highest BCUT2D eigenvalue weighted by molar-refractivity contribution is 8.00. The van der Waals surface area contributed by atoms with Crippen LogP contribution in [0.4, 0.5) is 15.8 Å². The lowest BCUT2D eigenvalue weighted by molar-refractivity contribution is -0.117. The van der Waals surface area contributed by atoms with Gasteiger partial charge in [0.1, 0.15) is 5.82 Å². The van der Waals surface area contributed by atoms with Crippen LogP contribution in [0.3, 0.4) is 0 Å². The van der Waals surface area contributed by atoms with Crippen LogP contribution in [0, 0.1) is 5.82 Å². The zero-order chi connectivity index (χ0) is 16.4. The summed E-state index contributed by atoms with van der Waals surface area (Å²) in [6, 6.07) is 11.5. The molecule has 2 aromatic carbocycles. The monoisotopic (exact) mass is 330 g/mol. The summed E-state index contributed by atoms with van der Waals surface area (Å²) in [5.74, 6) is -0.148. The average molecular weight is 330 g/mol. The topological polar surface area (TPSA) is 49.4 Å². The molecule has 1 aliphatic heterocycles. The van der Waals surface area contributed by atoms with Crippen LogP contribution in [0.25, 0.3) is 0 Å². The van der Waals surface area contributed by atoms with Crippen LogP contribution in [0.5, 0.6) is 0 Å². The SMILES string of the molecule is CN1C(=O)Cc2cc(NC(=O)CSc3ccc(F)cc3)ccc21. The third-order valence-electron chi connectivity index (χ3n) is 3.62. The number of fused-ring (bicyclic) bond motifs is 1. The highest BCUT2D eigenvalue weighted by atomic mass is 32.2. The summed E-state index contributed by atoms with van der Waals surface area (Å²) in [5.41, 5.74) is 2.48. The van der Waals surface area contributed by atoms with Gasteiger partial charge in [-0.25, -0.2) is 4.39 Å². The highest BCUT2D eigenvalue weighted by Gasteiger charge is 2.23. The molecule has 0 aliphatic carbocycles. The lowest BCUT2D eigenvalue weighted by Crippen LogP contribution is -2.20. The molecule has 6 heteroatoms. The van der Waals surface area contributed by atoms with E-state index in [1.165, 1.54) is 23.9 Å². The van der Waals surface area contributed by atoms with Gasteiger partial charge in [-0.2, -0.15) is 0 Å². The molecule has 1 heterocycles. The van der Waals surface area contributed by atoms with Gasteiger partial charge in [0.15, 0.2) is 0 Å². The molecule has 0 atom stereocenters. The van der Waals surface area contributed by atoms with Crippen molar-refractivity contribution in [2.24, 2.45) is 0 Å². The number of nitrogens with one attached hydrogen (secondary N) is 1. The van der Waals surface area contributed by atoms with Crippen molar-refractivity contribution in [2.75, 3.05) is 23.0 Å². The summed E-state index contributed by atoms with van der Waals surface area (Å²) >= 11 is 1.34. The van der Waals surface area contributed by atoms with Gasteiger partial charge in [-0.05, 0) is 48.0 Å². The molecule has 3 rings (SSSR count). The minimum atomic E-state index is -0.295. The fourth-order valence-electron chi connectivity index (χ4n) is 2.42. The Morgan fingerprint density at radius 2 is 2.00 bits per heavy atom. The largest absolute Gasteiger partial charge is 0.325 e. The predicted octanol–water partition coefficient (Wildman–Crippen LogP) is 3.08. The summed E-state index contributed by atoms with van der Waals surface area (Å²) in [5, 5.41) is 2.82. The van der Waals surface area contributed by atoms with E-state index in [1.54, 1.807) is 30.1 Å². The molecule has 2 amide bonds. The van der Waals surface area contributed by atoms with E-state index < -0.39 is 0 Å². The first-order chi connectivity index (χ1) is 11.0. The lowest BCUT2D eigenvalue weighted by Gasteiger charge is -2.11. The summed E-state index contributed by atoms with van der Waals surface area (Å²) in [6.45, 7) is 0. The second kappa shape index (κ2) is 6.42. The molecule has 118 valence electrons. The van der Waals surface area contributed by atoms with Gasteiger partial charge >= 0.3 is 0 Å². The van der Waals surface area contributed by atoms with Crippen molar-refractivity contribution in [3.05, 3.63) is 53.8 Å². The van der Waals surface area contributed by atoms with Crippen molar-refractivity contribution < 1.29 is 14.0 Å². The Hall–Kier alpha value is -2.34. The van der Waals surface area contributed by atoms with Gasteiger partial charge in [0.2, 0.25) is 11.8 Å². The number of benzene rings is 2. The number of likely N-dealkylation sites (N-methyl/N-ethyl adjacent to an activating group) is 1. The molecular formula is C17H15FN2O2S. The lowest BCUT2D eigenvalue weighted by atomic mass is 10.1. The van der Waals surface area contributed by atoms with Gasteiger partial charge in [-0.15, -0.1) is 11.8 Å². The molecule has 0 bridgehead atoms. The quantitative estimate of drug-likeness (QED) is 0.877.